The Hall–Kier alpha value is -3.10. The van der Waals surface area contributed by atoms with Gasteiger partial charge in [0.25, 0.3) is 0 Å². The van der Waals surface area contributed by atoms with Crippen molar-refractivity contribution in [2.75, 3.05) is 30.9 Å². The lowest BCUT2D eigenvalue weighted by molar-refractivity contribution is 0.150. The molecule has 0 aliphatic rings. The summed E-state index contributed by atoms with van der Waals surface area (Å²) in [6, 6.07) is 9.98. The third-order valence-corrected chi connectivity index (χ3v) is 3.11. The van der Waals surface area contributed by atoms with Crippen molar-refractivity contribution >= 4 is 18.0 Å². The number of hydrogen-bond donors (Lipinski definition) is 3. The van der Waals surface area contributed by atoms with E-state index >= 15 is 0 Å². The summed E-state index contributed by atoms with van der Waals surface area (Å²) in [4.78, 5) is 24.1. The second kappa shape index (κ2) is 10.0. The minimum Gasteiger partial charge on any atom is -0.467 e. The van der Waals surface area contributed by atoms with Gasteiger partial charge < -0.3 is 25.4 Å². The van der Waals surface area contributed by atoms with Crippen molar-refractivity contribution in [3.63, 3.8) is 0 Å². The summed E-state index contributed by atoms with van der Waals surface area (Å²) in [5.74, 6) is 0.754. The lowest BCUT2D eigenvalue weighted by atomic mass is 10.2. The smallest absolute Gasteiger partial charge is 0.407 e. The maximum Gasteiger partial charge on any atom is 0.407 e. The zero-order chi connectivity index (χ0) is 18.8. The van der Waals surface area contributed by atoms with Crippen LogP contribution < -0.4 is 20.7 Å². The van der Waals surface area contributed by atoms with Gasteiger partial charge in [-0.25, -0.2) is 4.79 Å². The first-order valence-corrected chi connectivity index (χ1v) is 8.32. The molecule has 0 aliphatic heterocycles. The number of nitrogens with zero attached hydrogens (tertiary/aromatic N) is 3. The Balaban J connectivity index is 1.74. The van der Waals surface area contributed by atoms with Crippen LogP contribution >= 0.6 is 0 Å². The number of carbonyl (C=O) groups is 1. The number of carbonyl (C=O) groups excluding carboxylic acids is 1. The highest BCUT2D eigenvalue weighted by molar-refractivity contribution is 5.67. The molecule has 3 N–H and O–H groups in total. The molecule has 0 unspecified atom stereocenters. The molecule has 9 nitrogen and oxygen atoms in total. The summed E-state index contributed by atoms with van der Waals surface area (Å²) in [5.41, 5.74) is 1.00. The lowest BCUT2D eigenvalue weighted by Crippen LogP contribution is -2.26. The van der Waals surface area contributed by atoms with E-state index in [1.807, 2.05) is 44.2 Å². The van der Waals surface area contributed by atoms with E-state index in [-0.39, 0.29) is 18.7 Å². The quantitative estimate of drug-likeness (QED) is 0.583. The normalized spacial score (nSPS) is 10.3. The van der Waals surface area contributed by atoms with Gasteiger partial charge >= 0.3 is 12.1 Å². The van der Waals surface area contributed by atoms with Gasteiger partial charge in [0.05, 0.1) is 13.7 Å². The zero-order valence-electron chi connectivity index (χ0n) is 15.2. The molecule has 2 rings (SSSR count). The van der Waals surface area contributed by atoms with E-state index in [1.165, 1.54) is 7.11 Å². The van der Waals surface area contributed by atoms with Crippen LogP contribution in [0.25, 0.3) is 0 Å². The Kier molecular flexibility index (Phi) is 7.41. The summed E-state index contributed by atoms with van der Waals surface area (Å²) in [5, 5.41) is 8.74. The second-order valence-electron chi connectivity index (χ2n) is 5.67. The first-order chi connectivity index (χ1) is 12.6. The van der Waals surface area contributed by atoms with Crippen LogP contribution in [-0.2, 0) is 11.3 Å². The van der Waals surface area contributed by atoms with Crippen LogP contribution in [0.5, 0.6) is 6.01 Å². The maximum absolute atomic E-state index is 11.7. The summed E-state index contributed by atoms with van der Waals surface area (Å²) in [6.45, 7) is 4.90. The average Bonchev–Trinajstić information content (AvgIpc) is 2.63. The molecule has 0 aliphatic carbocycles. The number of amides is 1. The van der Waals surface area contributed by atoms with Crippen molar-refractivity contribution in [1.82, 2.24) is 20.3 Å². The molecule has 1 aromatic carbocycles. The number of ether oxygens (including phenoxy) is 2. The molecule has 1 amide bonds. The number of rotatable bonds is 9. The molecule has 26 heavy (non-hydrogen) atoms. The number of hydrogen-bond acceptors (Lipinski definition) is 8. The molecule has 0 fully saturated rings. The number of nitrogens with one attached hydrogen (secondary N) is 3. The van der Waals surface area contributed by atoms with Gasteiger partial charge in [-0.3, -0.25) is 0 Å². The number of anilines is 2. The van der Waals surface area contributed by atoms with Gasteiger partial charge in [0.1, 0.15) is 6.61 Å². The van der Waals surface area contributed by atoms with Crippen LogP contribution in [-0.4, -0.2) is 47.3 Å². The van der Waals surface area contributed by atoms with Gasteiger partial charge in [-0.05, 0) is 19.4 Å². The first-order valence-electron chi connectivity index (χ1n) is 8.32. The van der Waals surface area contributed by atoms with Crippen LogP contribution in [0.3, 0.4) is 0 Å². The Morgan fingerprint density at radius 3 is 2.54 bits per heavy atom. The molecule has 2 aromatic rings. The highest BCUT2D eigenvalue weighted by atomic mass is 16.5. The summed E-state index contributed by atoms with van der Waals surface area (Å²) in [7, 11) is 1.48. The molecule has 0 saturated heterocycles. The van der Waals surface area contributed by atoms with E-state index in [0.29, 0.717) is 25.0 Å². The minimum atomic E-state index is -0.481. The zero-order valence-corrected chi connectivity index (χ0v) is 15.2. The van der Waals surface area contributed by atoms with E-state index < -0.39 is 6.09 Å². The predicted molar refractivity (Wildman–Crippen MR) is 98.3 cm³/mol. The molecule has 0 saturated carbocycles. The van der Waals surface area contributed by atoms with E-state index in [0.717, 1.165) is 5.56 Å². The van der Waals surface area contributed by atoms with Gasteiger partial charge in [-0.2, -0.15) is 15.0 Å². The summed E-state index contributed by atoms with van der Waals surface area (Å²) >= 11 is 0. The van der Waals surface area contributed by atoms with Crippen molar-refractivity contribution in [1.29, 1.82) is 0 Å². The predicted octanol–water partition coefficient (Wildman–Crippen LogP) is 2.04. The van der Waals surface area contributed by atoms with E-state index in [4.69, 9.17) is 9.47 Å². The molecular weight excluding hydrogens is 336 g/mol. The minimum absolute atomic E-state index is 0.168. The largest absolute Gasteiger partial charge is 0.467 e. The number of benzene rings is 1. The third kappa shape index (κ3) is 6.80. The molecule has 1 heterocycles. The van der Waals surface area contributed by atoms with Crippen molar-refractivity contribution in [2.45, 2.75) is 26.4 Å². The van der Waals surface area contributed by atoms with Crippen LogP contribution in [0, 0.1) is 0 Å². The molecule has 9 heteroatoms. The van der Waals surface area contributed by atoms with Gasteiger partial charge in [0.2, 0.25) is 11.9 Å². The molecule has 0 atom stereocenters. The number of aromatic nitrogens is 3. The van der Waals surface area contributed by atoms with Crippen LogP contribution in [0.1, 0.15) is 19.4 Å². The first kappa shape index (κ1) is 19.2. The molecule has 140 valence electrons. The van der Waals surface area contributed by atoms with E-state index in [9.17, 15) is 4.79 Å². The summed E-state index contributed by atoms with van der Waals surface area (Å²) in [6.07, 6.45) is -0.481. The van der Waals surface area contributed by atoms with Crippen molar-refractivity contribution in [3.05, 3.63) is 35.9 Å². The van der Waals surface area contributed by atoms with Crippen LogP contribution in [0.15, 0.2) is 30.3 Å². The Morgan fingerprint density at radius 2 is 1.85 bits per heavy atom. The summed E-state index contributed by atoms with van der Waals surface area (Å²) < 4.78 is 10.2. The molecule has 0 radical (unpaired) electrons. The average molecular weight is 360 g/mol. The van der Waals surface area contributed by atoms with Crippen molar-refractivity contribution < 1.29 is 14.3 Å². The highest BCUT2D eigenvalue weighted by Gasteiger charge is 2.08. The van der Waals surface area contributed by atoms with Gasteiger partial charge in [-0.15, -0.1) is 0 Å². The monoisotopic (exact) mass is 360 g/mol. The Morgan fingerprint density at radius 1 is 1.12 bits per heavy atom. The van der Waals surface area contributed by atoms with Crippen molar-refractivity contribution in [3.8, 4) is 6.01 Å². The van der Waals surface area contributed by atoms with E-state index in [1.54, 1.807) is 0 Å². The van der Waals surface area contributed by atoms with Gasteiger partial charge in [0.15, 0.2) is 0 Å². The standard InChI is InChI=1S/C17H24N6O3/c1-12(2)20-15-21-14(22-16(23-15)25-3)18-9-10-26-17(24)19-11-13-7-5-4-6-8-13/h4-8,12H,9-11H2,1-3H3,(H,19,24)(H2,18,20,21,22,23). The highest BCUT2D eigenvalue weighted by Crippen LogP contribution is 2.11. The maximum atomic E-state index is 11.7. The molecular formula is C17H24N6O3. The number of methoxy groups -OCH3 is 1. The number of alkyl carbamates (subject to hydrolysis) is 1. The lowest BCUT2D eigenvalue weighted by Gasteiger charge is -2.11. The SMILES string of the molecule is COc1nc(NCCOC(=O)NCc2ccccc2)nc(NC(C)C)n1. The second-order valence-corrected chi connectivity index (χ2v) is 5.67. The Bertz CT molecular complexity index is 696. The molecule has 1 aromatic heterocycles. The molecule has 0 bridgehead atoms. The van der Waals surface area contributed by atoms with Crippen LogP contribution in [0.2, 0.25) is 0 Å². The molecule has 0 spiro atoms. The fraction of sp³-hybridized carbons (Fsp3) is 0.412. The topological polar surface area (TPSA) is 110 Å². The van der Waals surface area contributed by atoms with E-state index in [2.05, 4.69) is 30.9 Å². The van der Waals surface area contributed by atoms with Crippen LogP contribution in [0.4, 0.5) is 16.7 Å². The fourth-order valence-corrected chi connectivity index (χ4v) is 1.98. The third-order valence-electron chi connectivity index (χ3n) is 3.11. The van der Waals surface area contributed by atoms with Gasteiger partial charge in [0, 0.05) is 12.6 Å². The Labute approximate surface area is 152 Å². The fourth-order valence-electron chi connectivity index (χ4n) is 1.98. The van der Waals surface area contributed by atoms with Gasteiger partial charge in [-0.1, -0.05) is 30.3 Å². The van der Waals surface area contributed by atoms with Crippen molar-refractivity contribution in [2.24, 2.45) is 0 Å².